The minimum Gasteiger partial charge on any atom is -0.481 e. The molecule has 1 spiro atoms. The molecule has 12 nitrogen and oxygen atoms in total. The SMILES string of the molecule is COc1nc(-c2cccc(-c3cccc(-c4cc5c(=O)n(C)c(CN[C@H]6C[C@]7(CCC(=O)N7)C6)nn5c4)c3Cl)c2Cl)ccc1CNC[C@H]1CCC(=O)N1. The van der Waals surface area contributed by atoms with Crippen molar-refractivity contribution in [3.8, 4) is 39.4 Å². The predicted octanol–water partition coefficient (Wildman–Crippen LogP) is 5.01. The van der Waals surface area contributed by atoms with Crippen molar-refractivity contribution in [3.05, 3.63) is 92.6 Å². The fourth-order valence-corrected chi connectivity index (χ4v) is 8.52. The average Bonchev–Trinajstić information content (AvgIpc) is 3.87. The molecule has 1 aliphatic carbocycles. The zero-order valence-corrected chi connectivity index (χ0v) is 31.0. The maximum absolute atomic E-state index is 13.5. The number of benzene rings is 2. The van der Waals surface area contributed by atoms with Crippen LogP contribution < -0.4 is 31.6 Å². The number of halogens is 2. The number of pyridine rings is 1. The summed E-state index contributed by atoms with van der Waals surface area (Å²) in [7, 11) is 3.32. The largest absolute Gasteiger partial charge is 0.481 e. The number of aromatic nitrogens is 4. The molecule has 1 atom stereocenters. The molecule has 8 rings (SSSR count). The van der Waals surface area contributed by atoms with Gasteiger partial charge in [-0.3, -0.25) is 19.0 Å². The Morgan fingerprint density at radius 2 is 1.68 bits per heavy atom. The van der Waals surface area contributed by atoms with Gasteiger partial charge in [-0.25, -0.2) is 9.50 Å². The first-order chi connectivity index (χ1) is 25.6. The number of carbonyl (C=O) groups is 2. The summed E-state index contributed by atoms with van der Waals surface area (Å²) in [6.45, 7) is 1.63. The summed E-state index contributed by atoms with van der Waals surface area (Å²) in [5.41, 5.74) is 5.45. The molecule has 3 fully saturated rings. The van der Waals surface area contributed by atoms with E-state index in [4.69, 9.17) is 38.0 Å². The molecule has 0 unspecified atom stereocenters. The summed E-state index contributed by atoms with van der Waals surface area (Å²) in [6, 6.07) is 17.6. The lowest BCUT2D eigenvalue weighted by Gasteiger charge is -2.45. The van der Waals surface area contributed by atoms with Crippen molar-refractivity contribution in [2.75, 3.05) is 13.7 Å². The van der Waals surface area contributed by atoms with Crippen LogP contribution in [0.4, 0.5) is 0 Å². The van der Waals surface area contributed by atoms with E-state index in [1.165, 1.54) is 0 Å². The smallest absolute Gasteiger partial charge is 0.277 e. The molecule has 274 valence electrons. The predicted molar refractivity (Wildman–Crippen MR) is 204 cm³/mol. The zero-order chi connectivity index (χ0) is 36.9. The van der Waals surface area contributed by atoms with Gasteiger partial charge in [0, 0.05) is 90.2 Å². The van der Waals surface area contributed by atoms with Crippen molar-refractivity contribution >= 4 is 40.5 Å². The second-order valence-electron chi connectivity index (χ2n) is 14.3. The van der Waals surface area contributed by atoms with Crippen LogP contribution in [0.1, 0.15) is 49.9 Å². The quantitative estimate of drug-likeness (QED) is 0.147. The molecule has 5 heterocycles. The highest BCUT2D eigenvalue weighted by Gasteiger charge is 2.48. The van der Waals surface area contributed by atoms with Crippen molar-refractivity contribution in [1.82, 2.24) is 40.4 Å². The van der Waals surface area contributed by atoms with Crippen LogP contribution in [0, 0.1) is 0 Å². The van der Waals surface area contributed by atoms with Gasteiger partial charge in [-0.1, -0.05) is 65.7 Å². The lowest BCUT2D eigenvalue weighted by Crippen LogP contribution is -2.59. The topological polar surface area (TPSA) is 144 Å². The van der Waals surface area contributed by atoms with Crippen LogP contribution in [0.3, 0.4) is 0 Å². The lowest BCUT2D eigenvalue weighted by molar-refractivity contribution is -0.120. The number of ether oxygens (including phenoxy) is 1. The summed E-state index contributed by atoms with van der Waals surface area (Å²) in [5, 5.41) is 18.8. The van der Waals surface area contributed by atoms with Gasteiger partial charge in [0.1, 0.15) is 11.3 Å². The summed E-state index contributed by atoms with van der Waals surface area (Å²) < 4.78 is 8.85. The molecule has 2 aliphatic heterocycles. The Labute approximate surface area is 316 Å². The first-order valence-electron chi connectivity index (χ1n) is 17.9. The van der Waals surface area contributed by atoms with E-state index in [9.17, 15) is 14.4 Å². The second kappa shape index (κ2) is 14.2. The Kier molecular flexibility index (Phi) is 9.48. The van der Waals surface area contributed by atoms with Crippen LogP contribution in [0.2, 0.25) is 10.0 Å². The first kappa shape index (κ1) is 35.3. The first-order valence-corrected chi connectivity index (χ1v) is 18.6. The van der Waals surface area contributed by atoms with Crippen molar-refractivity contribution < 1.29 is 14.3 Å². The van der Waals surface area contributed by atoms with Gasteiger partial charge in [0.25, 0.3) is 5.56 Å². The van der Waals surface area contributed by atoms with Gasteiger partial charge >= 0.3 is 0 Å². The van der Waals surface area contributed by atoms with Crippen LogP contribution in [-0.2, 0) is 29.7 Å². The number of carbonyl (C=O) groups excluding carboxylic acids is 2. The molecule has 1 saturated carbocycles. The molecule has 3 aliphatic rings. The van der Waals surface area contributed by atoms with Crippen LogP contribution in [0.5, 0.6) is 5.88 Å². The van der Waals surface area contributed by atoms with Crippen molar-refractivity contribution in [1.29, 1.82) is 0 Å². The third-order valence-corrected chi connectivity index (χ3v) is 11.6. The normalized spacial score (nSPS) is 20.9. The number of nitrogens with one attached hydrogen (secondary N) is 4. The maximum Gasteiger partial charge on any atom is 0.277 e. The van der Waals surface area contributed by atoms with Gasteiger partial charge in [-0.15, -0.1) is 0 Å². The van der Waals surface area contributed by atoms with Crippen molar-refractivity contribution in [2.45, 2.75) is 69.2 Å². The third kappa shape index (κ3) is 6.80. The summed E-state index contributed by atoms with van der Waals surface area (Å²) in [5.74, 6) is 1.32. The summed E-state index contributed by atoms with van der Waals surface area (Å²) in [4.78, 5) is 41.5. The molecule has 53 heavy (non-hydrogen) atoms. The highest BCUT2D eigenvalue weighted by atomic mass is 35.5. The maximum atomic E-state index is 13.5. The fraction of sp³-hybridized carbons (Fsp3) is 0.359. The molecule has 3 aromatic heterocycles. The van der Waals surface area contributed by atoms with Crippen LogP contribution in [0.25, 0.3) is 39.0 Å². The van der Waals surface area contributed by atoms with Gasteiger partial charge in [-0.2, -0.15) is 5.10 Å². The molecule has 5 aromatic rings. The Hall–Kier alpha value is -4.75. The number of methoxy groups -OCH3 is 1. The molecule has 2 amide bonds. The zero-order valence-electron chi connectivity index (χ0n) is 29.5. The minimum atomic E-state index is -0.161. The Bertz CT molecular complexity index is 2320. The van der Waals surface area contributed by atoms with E-state index in [2.05, 4.69) is 21.3 Å². The van der Waals surface area contributed by atoms with Crippen LogP contribution in [0.15, 0.2) is 65.6 Å². The van der Waals surface area contributed by atoms with E-state index in [0.29, 0.717) is 65.4 Å². The number of hydrogen-bond acceptors (Lipinski definition) is 8. The molecule has 2 aromatic carbocycles. The van der Waals surface area contributed by atoms with E-state index >= 15 is 0 Å². The minimum absolute atomic E-state index is 0.0711. The number of rotatable bonds is 11. The van der Waals surface area contributed by atoms with Crippen molar-refractivity contribution in [2.24, 2.45) is 7.05 Å². The Balaban J connectivity index is 1.02. The second-order valence-corrected chi connectivity index (χ2v) is 15.0. The van der Waals surface area contributed by atoms with Crippen LogP contribution >= 0.6 is 23.2 Å². The Morgan fingerprint density at radius 3 is 2.38 bits per heavy atom. The fourth-order valence-electron chi connectivity index (χ4n) is 7.86. The van der Waals surface area contributed by atoms with E-state index in [0.717, 1.165) is 59.1 Å². The molecular formula is C39H40Cl2N8O4. The number of fused-ring (bicyclic) bond motifs is 1. The van der Waals surface area contributed by atoms with E-state index in [1.54, 1.807) is 23.2 Å². The summed E-state index contributed by atoms with van der Waals surface area (Å²) >= 11 is 14.3. The Morgan fingerprint density at radius 1 is 0.943 bits per heavy atom. The van der Waals surface area contributed by atoms with Crippen LogP contribution in [-0.4, -0.2) is 62.3 Å². The molecule has 4 N–H and O–H groups in total. The number of hydrogen-bond donors (Lipinski definition) is 4. The molecular weight excluding hydrogens is 715 g/mol. The molecule has 14 heteroatoms. The van der Waals surface area contributed by atoms with Gasteiger partial charge in [0.15, 0.2) is 0 Å². The third-order valence-electron chi connectivity index (χ3n) is 10.8. The monoisotopic (exact) mass is 754 g/mol. The average molecular weight is 756 g/mol. The van der Waals surface area contributed by atoms with E-state index in [1.807, 2.05) is 60.8 Å². The van der Waals surface area contributed by atoms with Gasteiger partial charge in [0.05, 0.1) is 29.4 Å². The summed E-state index contributed by atoms with van der Waals surface area (Å²) in [6.07, 6.45) is 6.44. The van der Waals surface area contributed by atoms with Crippen molar-refractivity contribution in [3.63, 3.8) is 0 Å². The van der Waals surface area contributed by atoms with E-state index < -0.39 is 0 Å². The highest BCUT2D eigenvalue weighted by molar-refractivity contribution is 6.39. The van der Waals surface area contributed by atoms with Gasteiger partial charge < -0.3 is 26.0 Å². The van der Waals surface area contributed by atoms with Gasteiger partial charge in [0.2, 0.25) is 17.7 Å². The highest BCUT2D eigenvalue weighted by Crippen LogP contribution is 2.43. The number of amides is 2. The van der Waals surface area contributed by atoms with E-state index in [-0.39, 0.29) is 35.0 Å². The standard InChI is InChI=1S/C39H40Cl2N8O4/c1-48-32(20-43-25-16-39(17-25)14-13-34(51)46-39)47-49-21-23(15-31(49)38(48)52)26-5-3-6-27(35(26)40)28-7-4-8-29(36(28)41)30-11-9-22(37(45-30)53-2)18-42-19-24-10-12-33(50)44-24/h3-9,11,15,21,24-25,42-43H,10,12-14,16-20H2,1-2H3,(H,44,50)(H,46,51)/t24-,25-,39+/m1/s1. The molecule has 0 bridgehead atoms. The number of nitrogens with zero attached hydrogens (tertiary/aromatic N) is 4. The lowest BCUT2D eigenvalue weighted by atomic mass is 9.72. The van der Waals surface area contributed by atoms with Gasteiger partial charge in [-0.05, 0) is 37.8 Å². The molecule has 0 radical (unpaired) electrons. The molecule has 2 saturated heterocycles.